The zero-order valence-electron chi connectivity index (χ0n) is 14.4. The molecule has 0 saturated carbocycles. The second-order valence-corrected chi connectivity index (χ2v) is 7.61. The molecule has 0 aliphatic carbocycles. The van der Waals surface area contributed by atoms with E-state index in [1.165, 1.54) is 5.56 Å². The third-order valence-electron chi connectivity index (χ3n) is 3.67. The summed E-state index contributed by atoms with van der Waals surface area (Å²) in [6, 6.07) is 15.7. The summed E-state index contributed by atoms with van der Waals surface area (Å²) in [5.41, 5.74) is 2.11. The molecular formula is C20H24BrNO2. The molecule has 0 radical (unpaired) electrons. The fourth-order valence-electron chi connectivity index (χ4n) is 2.24. The normalized spacial score (nSPS) is 11.2. The molecule has 0 spiro atoms. The molecule has 0 bridgehead atoms. The maximum absolute atomic E-state index is 12.1. The molecule has 128 valence electrons. The average Bonchev–Trinajstić information content (AvgIpc) is 2.53. The number of para-hydroxylation sites is 1. The SMILES string of the molecule is CC(C)(C)c1ccc(NC(=O)CCCOc2ccccc2)c(Br)c1. The van der Waals surface area contributed by atoms with Crippen LogP contribution < -0.4 is 10.1 Å². The zero-order valence-corrected chi connectivity index (χ0v) is 16.0. The molecule has 0 atom stereocenters. The van der Waals surface area contributed by atoms with Crippen molar-refractivity contribution >= 4 is 27.5 Å². The van der Waals surface area contributed by atoms with Gasteiger partial charge >= 0.3 is 0 Å². The fourth-order valence-corrected chi connectivity index (χ4v) is 2.71. The Morgan fingerprint density at radius 3 is 2.46 bits per heavy atom. The molecule has 0 aliphatic rings. The number of rotatable bonds is 6. The molecule has 0 aliphatic heterocycles. The molecule has 2 aromatic rings. The molecule has 0 aromatic heterocycles. The fraction of sp³-hybridized carbons (Fsp3) is 0.350. The molecule has 24 heavy (non-hydrogen) atoms. The Labute approximate surface area is 152 Å². The van der Waals surface area contributed by atoms with Gasteiger partial charge in [-0.25, -0.2) is 0 Å². The van der Waals surface area contributed by atoms with Crippen molar-refractivity contribution in [3.05, 3.63) is 58.6 Å². The number of hydrogen-bond donors (Lipinski definition) is 1. The first-order valence-electron chi connectivity index (χ1n) is 8.14. The van der Waals surface area contributed by atoms with Gasteiger partial charge in [-0.3, -0.25) is 4.79 Å². The number of hydrogen-bond acceptors (Lipinski definition) is 2. The lowest BCUT2D eigenvalue weighted by atomic mass is 9.87. The number of ether oxygens (including phenoxy) is 1. The molecule has 2 aromatic carbocycles. The minimum absolute atomic E-state index is 0.00382. The highest BCUT2D eigenvalue weighted by molar-refractivity contribution is 9.10. The van der Waals surface area contributed by atoms with E-state index >= 15 is 0 Å². The van der Waals surface area contributed by atoms with Gasteiger partial charge in [0.25, 0.3) is 0 Å². The number of benzene rings is 2. The molecule has 1 amide bonds. The molecule has 4 heteroatoms. The lowest BCUT2D eigenvalue weighted by molar-refractivity contribution is -0.116. The maximum atomic E-state index is 12.1. The van der Waals surface area contributed by atoms with Crippen LogP contribution >= 0.6 is 15.9 Å². The summed E-state index contributed by atoms with van der Waals surface area (Å²) in [7, 11) is 0. The van der Waals surface area contributed by atoms with Crippen molar-refractivity contribution in [3.8, 4) is 5.75 Å². The van der Waals surface area contributed by atoms with Crippen LogP contribution in [0.5, 0.6) is 5.75 Å². The summed E-state index contributed by atoms with van der Waals surface area (Å²) in [5.74, 6) is 0.828. The quantitative estimate of drug-likeness (QED) is 0.658. The van der Waals surface area contributed by atoms with Crippen LogP contribution in [0.1, 0.15) is 39.2 Å². The Morgan fingerprint density at radius 2 is 1.83 bits per heavy atom. The Bertz CT molecular complexity index is 678. The number of anilines is 1. The monoisotopic (exact) mass is 389 g/mol. The average molecular weight is 390 g/mol. The van der Waals surface area contributed by atoms with Crippen LogP contribution in [0.15, 0.2) is 53.0 Å². The molecule has 0 fully saturated rings. The Kier molecular flexibility index (Phi) is 6.44. The first-order valence-corrected chi connectivity index (χ1v) is 8.93. The van der Waals surface area contributed by atoms with Gasteiger partial charge in [-0.2, -0.15) is 0 Å². The second kappa shape index (κ2) is 8.34. The predicted octanol–water partition coefficient (Wildman–Crippen LogP) is 5.54. The van der Waals surface area contributed by atoms with Crippen molar-refractivity contribution in [2.75, 3.05) is 11.9 Å². The zero-order chi connectivity index (χ0) is 17.6. The van der Waals surface area contributed by atoms with Crippen molar-refractivity contribution in [1.29, 1.82) is 0 Å². The topological polar surface area (TPSA) is 38.3 Å². The lowest BCUT2D eigenvalue weighted by Gasteiger charge is -2.20. The molecule has 0 unspecified atom stereocenters. The van der Waals surface area contributed by atoms with Crippen molar-refractivity contribution in [3.63, 3.8) is 0 Å². The lowest BCUT2D eigenvalue weighted by Crippen LogP contribution is -2.14. The van der Waals surface area contributed by atoms with Gasteiger partial charge in [0.05, 0.1) is 12.3 Å². The minimum Gasteiger partial charge on any atom is -0.494 e. The number of amides is 1. The minimum atomic E-state index is -0.00382. The van der Waals surface area contributed by atoms with E-state index in [1.807, 2.05) is 36.4 Å². The van der Waals surface area contributed by atoms with E-state index in [9.17, 15) is 4.79 Å². The summed E-state index contributed by atoms with van der Waals surface area (Å²) in [6.07, 6.45) is 1.11. The first kappa shape index (κ1) is 18.5. The van der Waals surface area contributed by atoms with Gasteiger partial charge in [-0.15, -0.1) is 0 Å². The molecule has 1 N–H and O–H groups in total. The summed E-state index contributed by atoms with van der Waals surface area (Å²) in [6.45, 7) is 7.03. The van der Waals surface area contributed by atoms with E-state index < -0.39 is 0 Å². The van der Waals surface area contributed by atoms with Gasteiger partial charge in [0.1, 0.15) is 5.75 Å². The highest BCUT2D eigenvalue weighted by atomic mass is 79.9. The molecular weight excluding hydrogens is 366 g/mol. The van der Waals surface area contributed by atoms with Gasteiger partial charge < -0.3 is 10.1 Å². The number of carbonyl (C=O) groups is 1. The Hall–Kier alpha value is -1.81. The van der Waals surface area contributed by atoms with Gasteiger partial charge in [0.15, 0.2) is 0 Å². The second-order valence-electron chi connectivity index (χ2n) is 6.76. The van der Waals surface area contributed by atoms with Gasteiger partial charge in [0, 0.05) is 10.9 Å². The van der Waals surface area contributed by atoms with E-state index in [-0.39, 0.29) is 11.3 Å². The van der Waals surface area contributed by atoms with Crippen molar-refractivity contribution < 1.29 is 9.53 Å². The van der Waals surface area contributed by atoms with Crippen LogP contribution in [0.25, 0.3) is 0 Å². The maximum Gasteiger partial charge on any atom is 0.224 e. The van der Waals surface area contributed by atoms with E-state index in [1.54, 1.807) is 0 Å². The largest absolute Gasteiger partial charge is 0.494 e. The van der Waals surface area contributed by atoms with Gasteiger partial charge in [-0.1, -0.05) is 45.0 Å². The number of halogens is 1. The van der Waals surface area contributed by atoms with Crippen molar-refractivity contribution in [1.82, 2.24) is 0 Å². The summed E-state index contributed by atoms with van der Waals surface area (Å²) < 4.78 is 6.50. The smallest absolute Gasteiger partial charge is 0.224 e. The van der Waals surface area contributed by atoms with Crippen LogP contribution in [0, 0.1) is 0 Å². The highest BCUT2D eigenvalue weighted by Crippen LogP contribution is 2.30. The van der Waals surface area contributed by atoms with E-state index in [4.69, 9.17) is 4.74 Å². The van der Waals surface area contributed by atoms with Crippen molar-refractivity contribution in [2.24, 2.45) is 0 Å². The number of carbonyl (C=O) groups excluding carboxylic acids is 1. The molecule has 2 rings (SSSR count). The van der Waals surface area contributed by atoms with Gasteiger partial charge in [0.2, 0.25) is 5.91 Å². The van der Waals surface area contributed by atoms with Crippen LogP contribution in [0.3, 0.4) is 0 Å². The van der Waals surface area contributed by atoms with Gasteiger partial charge in [-0.05, 0) is 57.6 Å². The molecule has 3 nitrogen and oxygen atoms in total. The van der Waals surface area contributed by atoms with Crippen molar-refractivity contribution in [2.45, 2.75) is 39.0 Å². The van der Waals surface area contributed by atoms with Crippen LogP contribution in [-0.4, -0.2) is 12.5 Å². The van der Waals surface area contributed by atoms with Crippen LogP contribution in [-0.2, 0) is 10.2 Å². The molecule has 0 heterocycles. The van der Waals surface area contributed by atoms with Crippen LogP contribution in [0.4, 0.5) is 5.69 Å². The standard InChI is InChI=1S/C20H24BrNO2/c1-20(2,3)15-11-12-18(17(21)14-15)22-19(23)10-7-13-24-16-8-5-4-6-9-16/h4-6,8-9,11-12,14H,7,10,13H2,1-3H3,(H,22,23). The summed E-state index contributed by atoms with van der Waals surface area (Å²) in [5, 5.41) is 2.95. The summed E-state index contributed by atoms with van der Waals surface area (Å²) >= 11 is 3.54. The van der Waals surface area contributed by atoms with E-state index in [0.717, 1.165) is 15.9 Å². The highest BCUT2D eigenvalue weighted by Gasteiger charge is 2.15. The third-order valence-corrected chi connectivity index (χ3v) is 4.33. The van der Waals surface area contributed by atoms with E-state index in [0.29, 0.717) is 19.4 Å². The first-order chi connectivity index (χ1) is 11.4. The Morgan fingerprint density at radius 1 is 1.12 bits per heavy atom. The van der Waals surface area contributed by atoms with E-state index in [2.05, 4.69) is 54.2 Å². The third kappa shape index (κ3) is 5.68. The number of nitrogens with one attached hydrogen (secondary N) is 1. The van der Waals surface area contributed by atoms with Crippen LogP contribution in [0.2, 0.25) is 0 Å². The summed E-state index contributed by atoms with van der Waals surface area (Å²) in [4.78, 5) is 12.1. The Balaban J connectivity index is 1.80. The predicted molar refractivity (Wildman–Crippen MR) is 103 cm³/mol. The molecule has 0 saturated heterocycles.